The van der Waals surface area contributed by atoms with Crippen LogP contribution in [0.2, 0.25) is 0 Å². The molecule has 0 N–H and O–H groups in total. The summed E-state index contributed by atoms with van der Waals surface area (Å²) in [6.07, 6.45) is 0. The Morgan fingerprint density at radius 3 is 0.580 bits per heavy atom. The third kappa shape index (κ3) is 9.25. The van der Waals surface area contributed by atoms with Gasteiger partial charge in [0.1, 0.15) is 0 Å². The van der Waals surface area contributed by atoms with Crippen LogP contribution in [0.25, 0.3) is 34.2 Å². The summed E-state index contributed by atoms with van der Waals surface area (Å²) in [6, 6.07) is 128. The molecule has 0 atom stereocenters. The molecule has 0 saturated carbocycles. The van der Waals surface area contributed by atoms with Crippen molar-refractivity contribution in [1.82, 2.24) is 15.0 Å². The average molecular weight is 1080 g/mol. The lowest BCUT2D eigenvalue weighted by atomic mass is 10.1. The highest BCUT2D eigenvalue weighted by atomic mass is 28.3. The summed E-state index contributed by atoms with van der Waals surface area (Å²) in [5.74, 6) is 1.84. The molecule has 0 unspecified atom stereocenters. The maximum atomic E-state index is 5.67. The second-order valence-electron chi connectivity index (χ2n) is 20.6. The molecule has 81 heavy (non-hydrogen) atoms. The summed E-state index contributed by atoms with van der Waals surface area (Å²) >= 11 is 0. The zero-order valence-electron chi connectivity index (χ0n) is 44.8. The maximum Gasteiger partial charge on any atom is 0.179 e. The molecule has 12 aromatic carbocycles. The lowest BCUT2D eigenvalue weighted by Gasteiger charge is -2.38. The first-order valence-corrected chi connectivity index (χ1v) is 33.8. The first kappa shape index (κ1) is 50.8. The lowest BCUT2D eigenvalue weighted by Crippen LogP contribution is -2.78. The van der Waals surface area contributed by atoms with Gasteiger partial charge in [-0.3, -0.25) is 0 Å². The molecule has 6 heteroatoms. The minimum atomic E-state index is -3.19. The second kappa shape index (κ2) is 22.6. The minimum absolute atomic E-state index is 0.610. The fourth-order valence-corrected chi connectivity index (χ4v) is 27.1. The Bertz CT molecular complexity index is 3730. The molecule has 0 spiro atoms. The highest BCUT2D eigenvalue weighted by Gasteiger charge is 2.46. The van der Waals surface area contributed by atoms with Crippen LogP contribution in [-0.4, -0.2) is 39.2 Å². The Balaban J connectivity index is 1.12. The van der Waals surface area contributed by atoms with Gasteiger partial charge in [0.05, 0.1) is 0 Å². The summed E-state index contributed by atoms with van der Waals surface area (Å²) in [5.41, 5.74) is 2.77. The molecule has 0 radical (unpaired) electrons. The summed E-state index contributed by atoms with van der Waals surface area (Å²) in [7, 11) is -9.18. The van der Waals surface area contributed by atoms with Gasteiger partial charge in [-0.15, -0.1) is 0 Å². The maximum absolute atomic E-state index is 5.67. The third-order valence-corrected chi connectivity index (χ3v) is 30.5. The average Bonchev–Trinajstić information content (AvgIpc) is 3.75. The fraction of sp³-hybridized carbons (Fsp3) is 0. The highest BCUT2D eigenvalue weighted by Crippen LogP contribution is 2.26. The molecule has 0 bridgehead atoms. The van der Waals surface area contributed by atoms with E-state index in [0.29, 0.717) is 17.5 Å². The largest absolute Gasteiger partial charge is 0.208 e. The molecule has 13 rings (SSSR count). The standard InChI is InChI=1S/C75H57N3Si3/c1-11-31-58(32-12-1)73-76-74(59-51-53-70(54-52-59)79(61-33-13-2-14-34-61,62-35-15-3-16-36-62)63-37-17-4-18-38-63)78-75(77-73)60-55-71(80(64-39-19-5-20-40-64,65-41-21-6-22-42-65)66-43-23-7-24-44-66)57-72(56-60)81(67-45-25-8-26-46-67,68-47-27-9-28-48-68)69-49-29-10-30-50-69/h1-57H. The van der Waals surface area contributed by atoms with Gasteiger partial charge in [-0.2, -0.15) is 0 Å². The summed E-state index contributed by atoms with van der Waals surface area (Å²) < 4.78 is 0. The molecule has 1 aromatic heterocycles. The normalized spacial score (nSPS) is 11.7. The van der Waals surface area contributed by atoms with E-state index in [0.717, 1.165) is 16.7 Å². The van der Waals surface area contributed by atoms with Crippen molar-refractivity contribution in [2.45, 2.75) is 0 Å². The van der Waals surface area contributed by atoms with Gasteiger partial charge in [0.25, 0.3) is 0 Å². The van der Waals surface area contributed by atoms with Crippen LogP contribution in [0.3, 0.4) is 0 Å². The van der Waals surface area contributed by atoms with Crippen LogP contribution in [0.5, 0.6) is 0 Å². The quantitative estimate of drug-likeness (QED) is 0.0761. The highest BCUT2D eigenvalue weighted by molar-refractivity contribution is 7.22. The molecule has 1 heterocycles. The Labute approximate surface area is 478 Å². The minimum Gasteiger partial charge on any atom is -0.208 e. The number of hydrogen-bond donors (Lipinski definition) is 0. The predicted octanol–water partition coefficient (Wildman–Crippen LogP) is 9.00. The van der Waals surface area contributed by atoms with E-state index in [1.165, 1.54) is 62.2 Å². The van der Waals surface area contributed by atoms with Crippen LogP contribution >= 0.6 is 0 Å². The Morgan fingerprint density at radius 1 is 0.148 bits per heavy atom. The topological polar surface area (TPSA) is 38.7 Å². The molecule has 0 amide bonds. The van der Waals surface area contributed by atoms with Gasteiger partial charge in [0, 0.05) is 16.7 Å². The van der Waals surface area contributed by atoms with Crippen molar-refractivity contribution in [3.05, 3.63) is 346 Å². The fourth-order valence-electron chi connectivity index (χ4n) is 12.6. The van der Waals surface area contributed by atoms with Gasteiger partial charge in [-0.05, 0) is 62.2 Å². The van der Waals surface area contributed by atoms with E-state index >= 15 is 0 Å². The zero-order valence-corrected chi connectivity index (χ0v) is 47.8. The number of rotatable bonds is 15. The monoisotopic (exact) mass is 1080 g/mol. The van der Waals surface area contributed by atoms with E-state index in [1.807, 2.05) is 6.07 Å². The van der Waals surface area contributed by atoms with Crippen LogP contribution < -0.4 is 62.2 Å². The smallest absolute Gasteiger partial charge is 0.179 e. The molecule has 3 nitrogen and oxygen atoms in total. The van der Waals surface area contributed by atoms with Crippen LogP contribution in [0.1, 0.15) is 0 Å². The third-order valence-electron chi connectivity index (χ3n) is 16.2. The van der Waals surface area contributed by atoms with E-state index in [4.69, 9.17) is 15.0 Å². The molecule has 0 aliphatic rings. The Morgan fingerprint density at radius 2 is 0.333 bits per heavy atom. The van der Waals surface area contributed by atoms with E-state index in [2.05, 4.69) is 340 Å². The van der Waals surface area contributed by atoms with Crippen LogP contribution in [-0.2, 0) is 0 Å². The van der Waals surface area contributed by atoms with E-state index in [-0.39, 0.29) is 0 Å². The van der Waals surface area contributed by atoms with Crippen molar-refractivity contribution >= 4 is 86.5 Å². The number of benzene rings is 12. The molecule has 0 aliphatic heterocycles. The first-order chi connectivity index (χ1) is 40.2. The molecule has 0 fully saturated rings. The second-order valence-corrected chi connectivity index (χ2v) is 32.0. The predicted molar refractivity (Wildman–Crippen MR) is 347 cm³/mol. The Kier molecular flexibility index (Phi) is 14.2. The molecule has 0 saturated heterocycles. The van der Waals surface area contributed by atoms with E-state index in [9.17, 15) is 0 Å². The SMILES string of the molecule is c1ccc(-c2nc(-c3ccc([Si](c4ccccc4)(c4ccccc4)c4ccccc4)cc3)nc(-c3cc([Si](c4ccccc4)(c4ccccc4)c4ccccc4)cc([Si](c4ccccc4)(c4ccccc4)c4ccccc4)c3)n2)cc1. The van der Waals surface area contributed by atoms with Crippen molar-refractivity contribution in [2.24, 2.45) is 0 Å². The van der Waals surface area contributed by atoms with Gasteiger partial charge >= 0.3 is 0 Å². The van der Waals surface area contributed by atoms with E-state index in [1.54, 1.807) is 0 Å². The van der Waals surface area contributed by atoms with Crippen molar-refractivity contribution in [3.8, 4) is 34.2 Å². The van der Waals surface area contributed by atoms with E-state index < -0.39 is 24.2 Å². The van der Waals surface area contributed by atoms with Crippen LogP contribution in [0.15, 0.2) is 346 Å². The van der Waals surface area contributed by atoms with Gasteiger partial charge in [0.15, 0.2) is 41.7 Å². The zero-order chi connectivity index (χ0) is 54.3. The molecule has 13 aromatic rings. The summed E-state index contributed by atoms with van der Waals surface area (Å²) in [6.45, 7) is 0. The van der Waals surface area contributed by atoms with Crippen molar-refractivity contribution in [3.63, 3.8) is 0 Å². The van der Waals surface area contributed by atoms with Crippen LogP contribution in [0.4, 0.5) is 0 Å². The summed E-state index contributed by atoms with van der Waals surface area (Å²) in [5, 5.41) is 15.5. The number of nitrogens with zero attached hydrogens (tertiary/aromatic N) is 3. The van der Waals surface area contributed by atoms with Gasteiger partial charge in [0.2, 0.25) is 0 Å². The first-order valence-electron chi connectivity index (χ1n) is 27.8. The lowest BCUT2D eigenvalue weighted by molar-refractivity contribution is 1.07. The van der Waals surface area contributed by atoms with Gasteiger partial charge < -0.3 is 0 Å². The Hall–Kier alpha value is -9.70. The number of hydrogen-bond acceptors (Lipinski definition) is 3. The van der Waals surface area contributed by atoms with Crippen molar-refractivity contribution in [1.29, 1.82) is 0 Å². The number of aromatic nitrogens is 3. The molecule has 384 valence electrons. The molecular weight excluding hydrogens is 1030 g/mol. The van der Waals surface area contributed by atoms with Gasteiger partial charge in [-0.1, -0.05) is 346 Å². The summed E-state index contributed by atoms with van der Waals surface area (Å²) in [4.78, 5) is 16.6. The molecule has 0 aliphatic carbocycles. The molecular formula is C75H57N3Si3. The van der Waals surface area contributed by atoms with Crippen molar-refractivity contribution in [2.75, 3.05) is 0 Å². The van der Waals surface area contributed by atoms with Gasteiger partial charge in [-0.25, -0.2) is 15.0 Å². The van der Waals surface area contributed by atoms with Crippen LogP contribution in [0, 0.1) is 0 Å². The van der Waals surface area contributed by atoms with Crippen molar-refractivity contribution < 1.29 is 0 Å².